The number of rotatable bonds is 5. The molecule has 28 heavy (non-hydrogen) atoms. The SMILES string of the molecule is O=C(C=Cc1ccc(S(=O)(=O)N2CCN(c3cccc(F)c3)CC2)cc1)NO. The van der Waals surface area contributed by atoms with Crippen LogP contribution in [0.4, 0.5) is 10.1 Å². The molecule has 1 fully saturated rings. The van der Waals surface area contributed by atoms with Crippen LogP contribution >= 0.6 is 0 Å². The molecule has 2 aromatic carbocycles. The number of benzene rings is 2. The number of hydroxylamine groups is 1. The molecule has 1 amide bonds. The van der Waals surface area contributed by atoms with E-state index in [1.54, 1.807) is 24.3 Å². The number of nitrogens with zero attached hydrogens (tertiary/aromatic N) is 2. The first-order chi connectivity index (χ1) is 13.4. The van der Waals surface area contributed by atoms with Gasteiger partial charge in [0.2, 0.25) is 10.0 Å². The fourth-order valence-corrected chi connectivity index (χ4v) is 4.39. The molecule has 0 radical (unpaired) electrons. The molecule has 0 aliphatic carbocycles. The van der Waals surface area contributed by atoms with E-state index in [1.807, 2.05) is 4.90 Å². The third kappa shape index (κ3) is 4.56. The fourth-order valence-electron chi connectivity index (χ4n) is 2.97. The maximum Gasteiger partial charge on any atom is 0.267 e. The van der Waals surface area contributed by atoms with Crippen LogP contribution in [0.15, 0.2) is 59.5 Å². The zero-order chi connectivity index (χ0) is 20.1. The molecule has 0 unspecified atom stereocenters. The number of halogens is 1. The first kappa shape index (κ1) is 20.0. The molecule has 0 bridgehead atoms. The topological polar surface area (TPSA) is 90.0 Å². The van der Waals surface area contributed by atoms with Crippen molar-refractivity contribution in [3.63, 3.8) is 0 Å². The van der Waals surface area contributed by atoms with Crippen molar-refractivity contribution in [2.75, 3.05) is 31.1 Å². The molecule has 0 saturated carbocycles. The van der Waals surface area contributed by atoms with Gasteiger partial charge in [0.15, 0.2) is 0 Å². The minimum absolute atomic E-state index is 0.162. The minimum atomic E-state index is -3.64. The van der Waals surface area contributed by atoms with E-state index in [-0.39, 0.29) is 10.7 Å². The number of sulfonamides is 1. The summed E-state index contributed by atoms with van der Waals surface area (Å²) in [5.74, 6) is -0.994. The average molecular weight is 405 g/mol. The van der Waals surface area contributed by atoms with Gasteiger partial charge >= 0.3 is 0 Å². The van der Waals surface area contributed by atoms with Crippen molar-refractivity contribution < 1.29 is 22.8 Å². The van der Waals surface area contributed by atoms with Gasteiger partial charge in [-0.1, -0.05) is 18.2 Å². The molecule has 148 valence electrons. The van der Waals surface area contributed by atoms with E-state index < -0.39 is 15.9 Å². The largest absolute Gasteiger partial charge is 0.369 e. The van der Waals surface area contributed by atoms with Gasteiger partial charge in [-0.2, -0.15) is 4.31 Å². The molecule has 1 aliphatic rings. The van der Waals surface area contributed by atoms with E-state index in [0.29, 0.717) is 31.7 Å². The molecule has 0 atom stereocenters. The van der Waals surface area contributed by atoms with Crippen molar-refractivity contribution in [2.24, 2.45) is 0 Å². The van der Waals surface area contributed by atoms with E-state index in [0.717, 1.165) is 11.8 Å². The average Bonchev–Trinajstić information content (AvgIpc) is 2.72. The molecule has 2 aromatic rings. The summed E-state index contributed by atoms with van der Waals surface area (Å²) in [5.41, 5.74) is 2.84. The molecule has 7 nitrogen and oxygen atoms in total. The maximum atomic E-state index is 13.4. The Balaban J connectivity index is 1.67. The van der Waals surface area contributed by atoms with E-state index >= 15 is 0 Å². The summed E-state index contributed by atoms with van der Waals surface area (Å²) >= 11 is 0. The Morgan fingerprint density at radius 2 is 1.75 bits per heavy atom. The van der Waals surface area contributed by atoms with E-state index in [2.05, 4.69) is 0 Å². The summed E-state index contributed by atoms with van der Waals surface area (Å²) in [6.45, 7) is 1.55. The molecule has 9 heteroatoms. The van der Waals surface area contributed by atoms with Crippen LogP contribution in [-0.2, 0) is 14.8 Å². The van der Waals surface area contributed by atoms with Crippen molar-refractivity contribution >= 4 is 27.7 Å². The number of amides is 1. The van der Waals surface area contributed by atoms with Crippen molar-refractivity contribution in [1.82, 2.24) is 9.79 Å². The lowest BCUT2D eigenvalue weighted by atomic mass is 10.2. The van der Waals surface area contributed by atoms with Gasteiger partial charge in [0.1, 0.15) is 5.82 Å². The quantitative estimate of drug-likeness (QED) is 0.450. The monoisotopic (exact) mass is 405 g/mol. The molecule has 3 rings (SSSR count). The zero-order valence-corrected chi connectivity index (χ0v) is 15.8. The molecular weight excluding hydrogens is 385 g/mol. The molecule has 1 aliphatic heterocycles. The van der Waals surface area contributed by atoms with Gasteiger partial charge < -0.3 is 4.90 Å². The highest BCUT2D eigenvalue weighted by atomic mass is 32.2. The van der Waals surface area contributed by atoms with Crippen molar-refractivity contribution in [3.05, 3.63) is 66.0 Å². The van der Waals surface area contributed by atoms with Crippen LogP contribution in [-0.4, -0.2) is 50.0 Å². The molecule has 2 N–H and O–H groups in total. The first-order valence-electron chi connectivity index (χ1n) is 8.63. The maximum absolute atomic E-state index is 13.4. The number of piperazine rings is 1. The Labute approximate surface area is 162 Å². The van der Waals surface area contributed by atoms with Crippen LogP contribution in [0.3, 0.4) is 0 Å². The van der Waals surface area contributed by atoms with Crippen LogP contribution in [0.25, 0.3) is 6.08 Å². The van der Waals surface area contributed by atoms with Crippen LogP contribution in [0.2, 0.25) is 0 Å². The summed E-state index contributed by atoms with van der Waals surface area (Å²) in [7, 11) is -3.64. The number of carbonyl (C=O) groups is 1. The molecule has 1 heterocycles. The predicted octanol–water partition coefficient (Wildman–Crippen LogP) is 1.86. The zero-order valence-electron chi connectivity index (χ0n) is 15.0. The molecule has 0 aromatic heterocycles. The smallest absolute Gasteiger partial charge is 0.267 e. The molecule has 0 spiro atoms. The lowest BCUT2D eigenvalue weighted by Gasteiger charge is -2.35. The third-order valence-electron chi connectivity index (χ3n) is 4.47. The number of hydrogen-bond donors (Lipinski definition) is 2. The van der Waals surface area contributed by atoms with Crippen molar-refractivity contribution in [1.29, 1.82) is 0 Å². The van der Waals surface area contributed by atoms with Gasteiger partial charge in [-0.05, 0) is 42.0 Å². The van der Waals surface area contributed by atoms with Gasteiger partial charge in [0.25, 0.3) is 5.91 Å². The summed E-state index contributed by atoms with van der Waals surface area (Å²) in [6.07, 6.45) is 2.59. The van der Waals surface area contributed by atoms with E-state index in [1.165, 1.54) is 40.1 Å². The minimum Gasteiger partial charge on any atom is -0.369 e. The third-order valence-corrected chi connectivity index (χ3v) is 6.38. The van der Waals surface area contributed by atoms with E-state index in [9.17, 15) is 17.6 Å². The molecule has 1 saturated heterocycles. The highest BCUT2D eigenvalue weighted by Gasteiger charge is 2.28. The Morgan fingerprint density at radius 3 is 2.36 bits per heavy atom. The Bertz CT molecular complexity index is 969. The van der Waals surface area contributed by atoms with Gasteiger partial charge in [-0.15, -0.1) is 0 Å². The number of carbonyl (C=O) groups excluding carboxylic acids is 1. The van der Waals surface area contributed by atoms with Crippen molar-refractivity contribution in [2.45, 2.75) is 4.90 Å². The van der Waals surface area contributed by atoms with Gasteiger partial charge in [0.05, 0.1) is 4.90 Å². The Hall–Kier alpha value is -2.75. The summed E-state index contributed by atoms with van der Waals surface area (Å²) in [4.78, 5) is 13.1. The lowest BCUT2D eigenvalue weighted by Crippen LogP contribution is -2.48. The Kier molecular flexibility index (Phi) is 6.08. The standard InChI is InChI=1S/C19H20FN3O4S/c20-16-2-1-3-17(14-16)22-10-12-23(13-11-22)28(26,27)18-7-4-15(5-8-18)6-9-19(24)21-25/h1-9,14,25H,10-13H2,(H,21,24). The second-order valence-corrected chi connectivity index (χ2v) is 8.19. The van der Waals surface area contributed by atoms with Crippen LogP contribution < -0.4 is 10.4 Å². The Morgan fingerprint density at radius 1 is 1.07 bits per heavy atom. The number of nitrogens with one attached hydrogen (secondary N) is 1. The van der Waals surface area contributed by atoms with Gasteiger partial charge in [-0.25, -0.2) is 18.3 Å². The van der Waals surface area contributed by atoms with Crippen LogP contribution in [0.1, 0.15) is 5.56 Å². The normalized spacial score (nSPS) is 15.7. The van der Waals surface area contributed by atoms with Gasteiger partial charge in [0, 0.05) is 37.9 Å². The predicted molar refractivity (Wildman–Crippen MR) is 103 cm³/mol. The fraction of sp³-hybridized carbons (Fsp3) is 0.211. The molecular formula is C19H20FN3O4S. The van der Waals surface area contributed by atoms with Gasteiger partial charge in [-0.3, -0.25) is 10.0 Å². The van der Waals surface area contributed by atoms with Crippen LogP contribution in [0.5, 0.6) is 0 Å². The van der Waals surface area contributed by atoms with Crippen molar-refractivity contribution in [3.8, 4) is 0 Å². The number of anilines is 1. The first-order valence-corrected chi connectivity index (χ1v) is 10.1. The second-order valence-electron chi connectivity index (χ2n) is 6.25. The summed E-state index contributed by atoms with van der Waals surface area (Å²) in [6, 6.07) is 12.4. The highest BCUT2D eigenvalue weighted by Crippen LogP contribution is 2.22. The summed E-state index contributed by atoms with van der Waals surface area (Å²) in [5, 5.41) is 8.46. The summed E-state index contributed by atoms with van der Waals surface area (Å²) < 4.78 is 40.5. The second kappa shape index (κ2) is 8.51. The highest BCUT2D eigenvalue weighted by molar-refractivity contribution is 7.89. The van der Waals surface area contributed by atoms with Crippen LogP contribution in [0, 0.1) is 5.82 Å². The van der Waals surface area contributed by atoms with E-state index in [4.69, 9.17) is 5.21 Å². The lowest BCUT2D eigenvalue weighted by molar-refractivity contribution is -0.124. The number of hydrogen-bond acceptors (Lipinski definition) is 5.